The molecule has 154 valence electrons. The highest BCUT2D eigenvalue weighted by Crippen LogP contribution is 2.24. The lowest BCUT2D eigenvalue weighted by Gasteiger charge is -2.14. The molecule has 0 saturated heterocycles. The number of hydrogen-bond acceptors (Lipinski definition) is 3. The smallest absolute Gasteiger partial charge is 0.124 e. The van der Waals surface area contributed by atoms with E-state index < -0.39 is 0 Å². The van der Waals surface area contributed by atoms with Crippen molar-refractivity contribution in [3.05, 3.63) is 92.9 Å². The maximum atomic E-state index is 6.05. The third kappa shape index (κ3) is 7.23. The van der Waals surface area contributed by atoms with Crippen molar-refractivity contribution < 1.29 is 9.47 Å². The van der Waals surface area contributed by atoms with Crippen LogP contribution in [0.2, 0.25) is 5.02 Å². The maximum Gasteiger partial charge on any atom is 0.124 e. The Balaban J connectivity index is 0.00000300. The lowest BCUT2D eigenvalue weighted by atomic mass is 10.1. The summed E-state index contributed by atoms with van der Waals surface area (Å²) in [5.74, 6) is 1.81. The highest BCUT2D eigenvalue weighted by Gasteiger charge is 2.06. The molecule has 3 nitrogen and oxygen atoms in total. The molecule has 0 atom stereocenters. The second-order valence-electron chi connectivity index (χ2n) is 6.41. The number of hydrogen-bond donors (Lipinski definition) is 1. The zero-order chi connectivity index (χ0) is 19.8. The molecule has 29 heavy (non-hydrogen) atoms. The fraction of sp³-hybridized carbons (Fsp3) is 0.217. The number of methoxy groups -OCH3 is 1. The number of para-hydroxylation sites is 1. The molecule has 0 aliphatic rings. The molecule has 0 unspecified atom stereocenters. The van der Waals surface area contributed by atoms with Gasteiger partial charge in [-0.2, -0.15) is 0 Å². The van der Waals surface area contributed by atoms with Gasteiger partial charge in [-0.3, -0.25) is 0 Å². The molecule has 6 heteroatoms. The second-order valence-corrected chi connectivity index (χ2v) is 7.76. The Hall–Kier alpha value is -1.72. The molecule has 3 rings (SSSR count). The molecule has 0 spiro atoms. The highest BCUT2D eigenvalue weighted by molar-refractivity contribution is 9.10. The summed E-state index contributed by atoms with van der Waals surface area (Å²) < 4.78 is 12.5. The van der Waals surface area contributed by atoms with Gasteiger partial charge in [-0.25, -0.2) is 0 Å². The van der Waals surface area contributed by atoms with Crippen molar-refractivity contribution in [2.45, 2.75) is 19.6 Å². The van der Waals surface area contributed by atoms with E-state index >= 15 is 0 Å². The van der Waals surface area contributed by atoms with Crippen molar-refractivity contribution in [3.8, 4) is 11.5 Å². The van der Waals surface area contributed by atoms with Gasteiger partial charge in [-0.15, -0.1) is 12.4 Å². The van der Waals surface area contributed by atoms with Gasteiger partial charge in [0, 0.05) is 21.6 Å². The van der Waals surface area contributed by atoms with Crippen molar-refractivity contribution in [1.82, 2.24) is 5.32 Å². The fourth-order valence-electron chi connectivity index (χ4n) is 2.92. The highest BCUT2D eigenvalue weighted by atomic mass is 79.9. The summed E-state index contributed by atoms with van der Waals surface area (Å²) >= 11 is 9.49. The topological polar surface area (TPSA) is 30.5 Å². The Morgan fingerprint density at radius 1 is 0.931 bits per heavy atom. The lowest BCUT2D eigenvalue weighted by molar-refractivity contribution is 0.302. The molecular weight excluding hydrogens is 473 g/mol. The van der Waals surface area contributed by atoms with E-state index in [1.807, 2.05) is 54.6 Å². The standard InChI is InChI=1S/C23H23BrClNO2.ClH/c1-27-22-5-3-2-4-18(22)12-13-26-15-19-14-20(24)8-11-23(19)28-16-17-6-9-21(25)10-7-17;/h2-11,14,26H,12-13,15-16H2,1H3;1H. The summed E-state index contributed by atoms with van der Waals surface area (Å²) in [4.78, 5) is 0. The second kappa shape index (κ2) is 12.1. The van der Waals surface area contributed by atoms with E-state index in [2.05, 4.69) is 33.4 Å². The summed E-state index contributed by atoms with van der Waals surface area (Å²) in [5.41, 5.74) is 3.40. The maximum absolute atomic E-state index is 6.05. The first-order valence-electron chi connectivity index (χ1n) is 9.14. The molecular formula is C23H24BrCl2NO2. The minimum absolute atomic E-state index is 0. The Morgan fingerprint density at radius 2 is 1.69 bits per heavy atom. The molecule has 3 aromatic rings. The SMILES string of the molecule is COc1ccccc1CCNCc1cc(Br)ccc1OCc1ccc(Cl)cc1.Cl. The van der Waals surface area contributed by atoms with Gasteiger partial charge in [0.25, 0.3) is 0 Å². The van der Waals surface area contributed by atoms with E-state index in [4.69, 9.17) is 21.1 Å². The van der Waals surface area contributed by atoms with E-state index in [9.17, 15) is 0 Å². The zero-order valence-electron chi connectivity index (χ0n) is 16.2. The minimum Gasteiger partial charge on any atom is -0.496 e. The quantitative estimate of drug-likeness (QED) is 0.345. The molecule has 0 aliphatic carbocycles. The number of ether oxygens (including phenoxy) is 2. The van der Waals surface area contributed by atoms with Crippen LogP contribution in [0, 0.1) is 0 Å². The first-order valence-corrected chi connectivity index (χ1v) is 10.3. The number of nitrogens with one attached hydrogen (secondary N) is 1. The van der Waals surface area contributed by atoms with Gasteiger partial charge in [0.15, 0.2) is 0 Å². The minimum atomic E-state index is 0. The third-order valence-corrected chi connectivity index (χ3v) is 5.15. The molecule has 0 radical (unpaired) electrons. The normalized spacial score (nSPS) is 10.3. The van der Waals surface area contributed by atoms with Crippen LogP contribution in [0.1, 0.15) is 16.7 Å². The lowest BCUT2D eigenvalue weighted by Crippen LogP contribution is -2.17. The van der Waals surface area contributed by atoms with Crippen molar-refractivity contribution in [1.29, 1.82) is 0 Å². The largest absolute Gasteiger partial charge is 0.496 e. The van der Waals surface area contributed by atoms with Crippen molar-refractivity contribution in [2.24, 2.45) is 0 Å². The molecule has 0 aromatic heterocycles. The van der Waals surface area contributed by atoms with Gasteiger partial charge in [0.05, 0.1) is 7.11 Å². The Kier molecular flexibility index (Phi) is 9.82. The summed E-state index contributed by atoms with van der Waals surface area (Å²) in [5, 5.41) is 4.23. The Labute approximate surface area is 191 Å². The summed E-state index contributed by atoms with van der Waals surface area (Å²) in [6.07, 6.45) is 0.902. The number of rotatable bonds is 9. The van der Waals surface area contributed by atoms with Gasteiger partial charge in [0.1, 0.15) is 18.1 Å². The van der Waals surface area contributed by atoms with Gasteiger partial charge < -0.3 is 14.8 Å². The Morgan fingerprint density at radius 3 is 2.45 bits per heavy atom. The molecule has 0 saturated carbocycles. The summed E-state index contributed by atoms with van der Waals surface area (Å²) in [7, 11) is 1.71. The zero-order valence-corrected chi connectivity index (χ0v) is 19.3. The van der Waals surface area contributed by atoms with E-state index in [1.165, 1.54) is 5.56 Å². The number of benzene rings is 3. The number of halogens is 3. The molecule has 0 bridgehead atoms. The molecule has 0 amide bonds. The predicted octanol–water partition coefficient (Wildman–Crippen LogP) is 6.44. The average molecular weight is 497 g/mol. The van der Waals surface area contributed by atoms with Crippen LogP contribution in [-0.4, -0.2) is 13.7 Å². The van der Waals surface area contributed by atoms with Gasteiger partial charge in [-0.05, 0) is 60.5 Å². The van der Waals surface area contributed by atoms with Crippen LogP contribution in [0.3, 0.4) is 0 Å². The van der Waals surface area contributed by atoms with Crippen LogP contribution >= 0.6 is 39.9 Å². The van der Waals surface area contributed by atoms with Crippen LogP contribution < -0.4 is 14.8 Å². The predicted molar refractivity (Wildman–Crippen MR) is 126 cm³/mol. The van der Waals surface area contributed by atoms with Crippen LogP contribution in [-0.2, 0) is 19.6 Å². The van der Waals surface area contributed by atoms with E-state index in [0.29, 0.717) is 6.61 Å². The monoisotopic (exact) mass is 495 g/mol. The Bertz CT molecular complexity index is 904. The first-order chi connectivity index (χ1) is 13.7. The van der Waals surface area contributed by atoms with Crippen molar-refractivity contribution in [3.63, 3.8) is 0 Å². The molecule has 3 aromatic carbocycles. The molecule has 1 N–H and O–H groups in total. The van der Waals surface area contributed by atoms with Crippen LogP contribution in [0.5, 0.6) is 11.5 Å². The van der Waals surface area contributed by atoms with Crippen molar-refractivity contribution >= 4 is 39.9 Å². The molecule has 0 fully saturated rings. The van der Waals surface area contributed by atoms with Crippen LogP contribution in [0.4, 0.5) is 0 Å². The van der Waals surface area contributed by atoms with E-state index in [-0.39, 0.29) is 12.4 Å². The van der Waals surface area contributed by atoms with Gasteiger partial charge >= 0.3 is 0 Å². The van der Waals surface area contributed by atoms with Crippen LogP contribution in [0.15, 0.2) is 71.2 Å². The first kappa shape index (κ1) is 23.6. The summed E-state index contributed by atoms with van der Waals surface area (Å²) in [6.45, 7) is 2.08. The van der Waals surface area contributed by atoms with Gasteiger partial charge in [0.2, 0.25) is 0 Å². The van der Waals surface area contributed by atoms with Crippen molar-refractivity contribution in [2.75, 3.05) is 13.7 Å². The molecule has 0 aliphatic heterocycles. The fourth-order valence-corrected chi connectivity index (χ4v) is 3.46. The van der Waals surface area contributed by atoms with Crippen LogP contribution in [0.25, 0.3) is 0 Å². The molecule has 0 heterocycles. The van der Waals surface area contributed by atoms with Gasteiger partial charge in [-0.1, -0.05) is 57.9 Å². The summed E-state index contributed by atoms with van der Waals surface area (Å²) in [6, 6.07) is 21.9. The van der Waals surface area contributed by atoms with E-state index in [1.54, 1.807) is 7.11 Å². The van der Waals surface area contributed by atoms with E-state index in [0.717, 1.165) is 51.6 Å². The average Bonchev–Trinajstić information content (AvgIpc) is 2.72. The third-order valence-electron chi connectivity index (χ3n) is 4.41.